The van der Waals surface area contributed by atoms with E-state index >= 15 is 0 Å². The fourth-order valence-corrected chi connectivity index (χ4v) is 1.40. The number of carbonyl (C=O) groups excluding carboxylic acids is 1. The molecule has 0 aliphatic heterocycles. The van der Waals surface area contributed by atoms with Crippen molar-refractivity contribution in [3.8, 4) is 5.75 Å². The first-order chi connectivity index (χ1) is 9.42. The number of aliphatic hydroxyl groups excluding tert-OH is 1. The van der Waals surface area contributed by atoms with Gasteiger partial charge in [0.1, 0.15) is 11.8 Å². The van der Waals surface area contributed by atoms with Crippen molar-refractivity contribution < 1.29 is 33.3 Å². The number of carboxylic acids is 1. The molecule has 20 heavy (non-hydrogen) atoms. The summed E-state index contributed by atoms with van der Waals surface area (Å²) in [7, 11) is 0. The number of aliphatic hydroxyl groups is 1. The first-order valence-electron chi connectivity index (χ1n) is 5.59. The molecule has 1 rings (SSSR count). The van der Waals surface area contributed by atoms with Gasteiger partial charge in [-0.3, -0.25) is 4.79 Å². The number of hydrogen-bond acceptors (Lipinski definition) is 4. The second-order valence-electron chi connectivity index (χ2n) is 3.84. The SMILES string of the molecule is O=C(Cc1ccc(OC(F)F)cc1)NC(CO)C(=O)O. The van der Waals surface area contributed by atoms with E-state index in [4.69, 9.17) is 10.2 Å². The van der Waals surface area contributed by atoms with Crippen LogP contribution in [0.25, 0.3) is 0 Å². The van der Waals surface area contributed by atoms with Crippen LogP contribution in [0.3, 0.4) is 0 Å². The maximum Gasteiger partial charge on any atom is 0.387 e. The molecule has 1 unspecified atom stereocenters. The summed E-state index contributed by atoms with van der Waals surface area (Å²) in [5.41, 5.74) is 0.492. The molecule has 0 bridgehead atoms. The number of halogens is 2. The standard InChI is InChI=1S/C12H13F2NO5/c13-12(14)20-8-3-1-7(2-4-8)5-10(17)15-9(6-16)11(18)19/h1-4,9,12,16H,5-6H2,(H,15,17)(H,18,19). The average molecular weight is 289 g/mol. The first-order valence-corrected chi connectivity index (χ1v) is 5.59. The number of hydrogen-bond donors (Lipinski definition) is 3. The van der Waals surface area contributed by atoms with Gasteiger partial charge in [0.25, 0.3) is 0 Å². The summed E-state index contributed by atoms with van der Waals surface area (Å²) in [6.45, 7) is -3.65. The molecule has 1 atom stereocenters. The van der Waals surface area contributed by atoms with Gasteiger partial charge in [-0.2, -0.15) is 8.78 Å². The largest absolute Gasteiger partial charge is 0.480 e. The summed E-state index contributed by atoms with van der Waals surface area (Å²) in [6, 6.07) is 3.99. The zero-order valence-corrected chi connectivity index (χ0v) is 10.3. The van der Waals surface area contributed by atoms with Gasteiger partial charge >= 0.3 is 12.6 Å². The fraction of sp³-hybridized carbons (Fsp3) is 0.333. The third kappa shape index (κ3) is 5.19. The van der Waals surface area contributed by atoms with Gasteiger partial charge in [0.05, 0.1) is 13.0 Å². The van der Waals surface area contributed by atoms with Crippen molar-refractivity contribution in [3.63, 3.8) is 0 Å². The van der Waals surface area contributed by atoms with E-state index in [0.29, 0.717) is 5.56 Å². The smallest absolute Gasteiger partial charge is 0.387 e. The van der Waals surface area contributed by atoms with Crippen LogP contribution >= 0.6 is 0 Å². The highest BCUT2D eigenvalue weighted by Crippen LogP contribution is 2.15. The predicted molar refractivity (Wildman–Crippen MR) is 63.4 cm³/mol. The number of benzene rings is 1. The Labute approximate surface area is 113 Å². The van der Waals surface area contributed by atoms with Crippen LogP contribution in [0.1, 0.15) is 5.56 Å². The molecule has 0 aromatic heterocycles. The van der Waals surface area contributed by atoms with Crippen molar-refractivity contribution in [1.82, 2.24) is 5.32 Å². The van der Waals surface area contributed by atoms with E-state index in [1.54, 1.807) is 0 Å². The summed E-state index contributed by atoms with van der Waals surface area (Å²) in [4.78, 5) is 22.1. The second kappa shape index (κ2) is 7.39. The van der Waals surface area contributed by atoms with E-state index in [-0.39, 0.29) is 12.2 Å². The summed E-state index contributed by atoms with van der Waals surface area (Å²) in [5.74, 6) is -1.99. The van der Waals surface area contributed by atoms with E-state index in [9.17, 15) is 18.4 Å². The summed E-state index contributed by atoms with van der Waals surface area (Å²) in [6.07, 6.45) is -0.140. The zero-order chi connectivity index (χ0) is 15.1. The van der Waals surface area contributed by atoms with Crippen molar-refractivity contribution >= 4 is 11.9 Å². The lowest BCUT2D eigenvalue weighted by Gasteiger charge is -2.11. The van der Waals surface area contributed by atoms with Crippen molar-refractivity contribution in [2.75, 3.05) is 6.61 Å². The van der Waals surface area contributed by atoms with E-state index in [0.717, 1.165) is 0 Å². The van der Waals surface area contributed by atoms with Gasteiger partial charge in [0, 0.05) is 0 Å². The van der Waals surface area contributed by atoms with E-state index in [2.05, 4.69) is 10.1 Å². The number of nitrogens with one attached hydrogen (secondary N) is 1. The summed E-state index contributed by atoms with van der Waals surface area (Å²) >= 11 is 0. The van der Waals surface area contributed by atoms with Gasteiger partial charge in [-0.05, 0) is 17.7 Å². The normalized spacial score (nSPS) is 12.0. The fourth-order valence-electron chi connectivity index (χ4n) is 1.40. The van der Waals surface area contributed by atoms with Crippen molar-refractivity contribution in [1.29, 1.82) is 0 Å². The molecule has 0 aliphatic carbocycles. The molecule has 1 aromatic rings. The van der Waals surface area contributed by atoms with Crippen LogP contribution in [0.4, 0.5) is 8.78 Å². The first kappa shape index (κ1) is 15.8. The van der Waals surface area contributed by atoms with Crippen LogP contribution in [0.5, 0.6) is 5.75 Å². The third-order valence-corrected chi connectivity index (χ3v) is 2.33. The topological polar surface area (TPSA) is 95.9 Å². The Hall–Kier alpha value is -2.22. The van der Waals surface area contributed by atoms with Crippen LogP contribution < -0.4 is 10.1 Å². The maximum atomic E-state index is 11.9. The Morgan fingerprint density at radius 1 is 1.25 bits per heavy atom. The van der Waals surface area contributed by atoms with Crippen LogP contribution in [0.15, 0.2) is 24.3 Å². The second-order valence-corrected chi connectivity index (χ2v) is 3.84. The molecule has 8 heteroatoms. The molecule has 110 valence electrons. The predicted octanol–water partition coefficient (Wildman–Crippen LogP) is 0.392. The number of amides is 1. The van der Waals surface area contributed by atoms with Gasteiger partial charge < -0.3 is 20.3 Å². The van der Waals surface area contributed by atoms with Crippen molar-refractivity contribution in [3.05, 3.63) is 29.8 Å². The zero-order valence-electron chi connectivity index (χ0n) is 10.3. The minimum absolute atomic E-state index is 0.0390. The highest BCUT2D eigenvalue weighted by atomic mass is 19.3. The highest BCUT2D eigenvalue weighted by Gasteiger charge is 2.18. The molecule has 0 spiro atoms. The maximum absolute atomic E-state index is 11.9. The highest BCUT2D eigenvalue weighted by molar-refractivity contribution is 5.84. The molecule has 1 aromatic carbocycles. The van der Waals surface area contributed by atoms with E-state index < -0.39 is 31.1 Å². The Morgan fingerprint density at radius 3 is 2.30 bits per heavy atom. The minimum atomic E-state index is -2.93. The number of carboxylic acid groups (broad SMARTS) is 1. The van der Waals surface area contributed by atoms with Gasteiger partial charge in [-0.25, -0.2) is 4.79 Å². The lowest BCUT2D eigenvalue weighted by atomic mass is 10.1. The number of rotatable bonds is 7. The third-order valence-electron chi connectivity index (χ3n) is 2.33. The molecular formula is C12H13F2NO5. The van der Waals surface area contributed by atoms with E-state index in [1.165, 1.54) is 24.3 Å². The lowest BCUT2D eigenvalue weighted by molar-refractivity contribution is -0.142. The van der Waals surface area contributed by atoms with Crippen LogP contribution in [0, 0.1) is 0 Å². The monoisotopic (exact) mass is 289 g/mol. The molecule has 0 aliphatic rings. The Balaban J connectivity index is 2.55. The number of ether oxygens (including phenoxy) is 1. The van der Waals surface area contributed by atoms with E-state index in [1.807, 2.05) is 0 Å². The molecular weight excluding hydrogens is 276 g/mol. The van der Waals surface area contributed by atoms with Crippen LogP contribution in [0.2, 0.25) is 0 Å². The van der Waals surface area contributed by atoms with Crippen molar-refractivity contribution in [2.24, 2.45) is 0 Å². The Kier molecular flexibility index (Phi) is 5.85. The number of aliphatic carboxylic acids is 1. The van der Waals surface area contributed by atoms with Gasteiger partial charge in [-0.15, -0.1) is 0 Å². The molecule has 0 heterocycles. The Bertz CT molecular complexity index is 463. The van der Waals surface area contributed by atoms with Crippen molar-refractivity contribution in [2.45, 2.75) is 19.1 Å². The summed E-state index contributed by atoms with van der Waals surface area (Å²) in [5, 5.41) is 19.5. The van der Waals surface area contributed by atoms with Crippen LogP contribution in [-0.4, -0.2) is 41.3 Å². The Morgan fingerprint density at radius 2 is 1.85 bits per heavy atom. The molecule has 0 saturated heterocycles. The van der Waals surface area contributed by atoms with Gasteiger partial charge in [-0.1, -0.05) is 12.1 Å². The number of carbonyl (C=O) groups is 2. The molecule has 0 fully saturated rings. The average Bonchev–Trinajstić information content (AvgIpc) is 2.37. The lowest BCUT2D eigenvalue weighted by Crippen LogP contribution is -2.43. The molecule has 1 amide bonds. The van der Waals surface area contributed by atoms with Gasteiger partial charge in [0.2, 0.25) is 5.91 Å². The quantitative estimate of drug-likeness (QED) is 0.675. The molecule has 0 saturated carbocycles. The van der Waals surface area contributed by atoms with Crippen LogP contribution in [-0.2, 0) is 16.0 Å². The molecule has 0 radical (unpaired) electrons. The number of alkyl halides is 2. The summed E-state index contributed by atoms with van der Waals surface area (Å²) < 4.78 is 28.0. The van der Waals surface area contributed by atoms with Gasteiger partial charge in [0.15, 0.2) is 0 Å². The minimum Gasteiger partial charge on any atom is -0.480 e. The molecule has 6 nitrogen and oxygen atoms in total. The molecule has 3 N–H and O–H groups in total.